The topological polar surface area (TPSA) is 23.5 Å². The Hall–Kier alpha value is -0.860. The van der Waals surface area contributed by atoms with Gasteiger partial charge in [0.1, 0.15) is 0 Å². The molecule has 84 valence electrons. The minimum Gasteiger partial charge on any atom is -0.396 e. The van der Waals surface area contributed by atoms with Crippen LogP contribution in [0, 0.1) is 13.8 Å². The molecule has 0 aromatic heterocycles. The number of rotatable bonds is 4. The maximum absolute atomic E-state index is 9.08. The summed E-state index contributed by atoms with van der Waals surface area (Å²) in [6.07, 6.45) is 0.789. The van der Waals surface area contributed by atoms with E-state index in [1.807, 2.05) is 0 Å². The zero-order valence-electron chi connectivity index (χ0n) is 10.1. The monoisotopic (exact) mass is 207 g/mol. The van der Waals surface area contributed by atoms with E-state index in [1.165, 1.54) is 16.7 Å². The summed E-state index contributed by atoms with van der Waals surface area (Å²) in [6.45, 7) is 4.51. The molecule has 0 heterocycles. The van der Waals surface area contributed by atoms with Gasteiger partial charge in [0.25, 0.3) is 0 Å². The van der Waals surface area contributed by atoms with Crippen molar-refractivity contribution in [1.82, 2.24) is 4.90 Å². The molecular formula is C13H21NO. The van der Waals surface area contributed by atoms with Crippen molar-refractivity contribution in [2.45, 2.75) is 26.3 Å². The third kappa shape index (κ3) is 2.80. The van der Waals surface area contributed by atoms with Gasteiger partial charge in [0, 0.05) is 12.6 Å². The number of nitrogens with zero attached hydrogens (tertiary/aromatic N) is 1. The average Bonchev–Trinajstić information content (AvgIpc) is 2.19. The Labute approximate surface area is 92.5 Å². The number of aryl methyl sites for hydroxylation is 1. The van der Waals surface area contributed by atoms with E-state index in [2.05, 4.69) is 51.0 Å². The van der Waals surface area contributed by atoms with Gasteiger partial charge in [-0.3, -0.25) is 0 Å². The molecule has 0 fully saturated rings. The molecule has 0 spiro atoms. The molecule has 1 aromatic carbocycles. The van der Waals surface area contributed by atoms with E-state index < -0.39 is 0 Å². The Morgan fingerprint density at radius 1 is 1.27 bits per heavy atom. The van der Waals surface area contributed by atoms with Crippen LogP contribution in [-0.4, -0.2) is 30.7 Å². The van der Waals surface area contributed by atoms with Gasteiger partial charge in [-0.15, -0.1) is 0 Å². The maximum Gasteiger partial charge on any atom is 0.0449 e. The summed E-state index contributed by atoms with van der Waals surface area (Å²) in [5.41, 5.74) is 3.98. The largest absolute Gasteiger partial charge is 0.396 e. The Morgan fingerprint density at radius 3 is 2.47 bits per heavy atom. The predicted molar refractivity (Wildman–Crippen MR) is 64.0 cm³/mol. The quantitative estimate of drug-likeness (QED) is 0.819. The van der Waals surface area contributed by atoms with Crippen LogP contribution in [0.15, 0.2) is 18.2 Å². The Bertz CT molecular complexity index is 320. The van der Waals surface area contributed by atoms with Crippen molar-refractivity contribution in [3.8, 4) is 0 Å². The van der Waals surface area contributed by atoms with Gasteiger partial charge in [-0.2, -0.15) is 0 Å². The fourth-order valence-electron chi connectivity index (χ4n) is 1.95. The van der Waals surface area contributed by atoms with Crippen LogP contribution in [0.1, 0.15) is 29.2 Å². The Balaban J connectivity index is 3.05. The van der Waals surface area contributed by atoms with Crippen LogP contribution in [0.2, 0.25) is 0 Å². The lowest BCUT2D eigenvalue weighted by molar-refractivity contribution is 0.210. The molecule has 0 aliphatic rings. The van der Waals surface area contributed by atoms with E-state index in [0.717, 1.165) is 6.42 Å². The molecule has 2 heteroatoms. The number of aliphatic hydroxyl groups is 1. The van der Waals surface area contributed by atoms with Crippen molar-refractivity contribution >= 4 is 0 Å². The number of benzene rings is 1. The second-order valence-corrected chi connectivity index (χ2v) is 4.28. The molecule has 1 atom stereocenters. The molecular weight excluding hydrogens is 186 g/mol. The third-order valence-corrected chi connectivity index (χ3v) is 3.03. The molecule has 0 bridgehead atoms. The van der Waals surface area contributed by atoms with Gasteiger partial charge in [0.15, 0.2) is 0 Å². The lowest BCUT2D eigenvalue weighted by Gasteiger charge is -2.26. The standard InChI is InChI=1S/C13H21NO/c1-10-6-5-7-12(11(10)2)13(8-9-15)14(3)4/h5-7,13,15H,8-9H2,1-4H3. The first-order valence-corrected chi connectivity index (χ1v) is 5.41. The van der Waals surface area contributed by atoms with Gasteiger partial charge in [-0.1, -0.05) is 18.2 Å². The van der Waals surface area contributed by atoms with Crippen LogP contribution in [0.4, 0.5) is 0 Å². The fourth-order valence-corrected chi connectivity index (χ4v) is 1.95. The summed E-state index contributed by atoms with van der Waals surface area (Å²) < 4.78 is 0. The van der Waals surface area contributed by atoms with Crippen LogP contribution in [0.25, 0.3) is 0 Å². The second kappa shape index (κ2) is 5.29. The smallest absolute Gasteiger partial charge is 0.0449 e. The van der Waals surface area contributed by atoms with E-state index in [4.69, 9.17) is 5.11 Å². The van der Waals surface area contributed by atoms with E-state index >= 15 is 0 Å². The molecule has 2 nitrogen and oxygen atoms in total. The molecule has 15 heavy (non-hydrogen) atoms. The van der Waals surface area contributed by atoms with Crippen LogP contribution < -0.4 is 0 Å². The van der Waals surface area contributed by atoms with Crippen molar-refractivity contribution in [2.75, 3.05) is 20.7 Å². The summed E-state index contributed by atoms with van der Waals surface area (Å²) >= 11 is 0. The van der Waals surface area contributed by atoms with E-state index in [9.17, 15) is 0 Å². The molecule has 1 N–H and O–H groups in total. The minimum absolute atomic E-state index is 0.232. The lowest BCUT2D eigenvalue weighted by atomic mass is 9.95. The first kappa shape index (κ1) is 12.2. The SMILES string of the molecule is Cc1cccc(C(CCO)N(C)C)c1C. The normalized spacial score (nSPS) is 13.2. The molecule has 1 unspecified atom stereocenters. The first-order chi connectivity index (χ1) is 7.07. The van der Waals surface area contributed by atoms with E-state index in [0.29, 0.717) is 6.04 Å². The van der Waals surface area contributed by atoms with Crippen molar-refractivity contribution in [1.29, 1.82) is 0 Å². The average molecular weight is 207 g/mol. The van der Waals surface area contributed by atoms with E-state index in [1.54, 1.807) is 0 Å². The molecule has 0 amide bonds. The summed E-state index contributed by atoms with van der Waals surface area (Å²) in [7, 11) is 4.12. The molecule has 0 aliphatic heterocycles. The van der Waals surface area contributed by atoms with Crippen LogP contribution in [0.5, 0.6) is 0 Å². The summed E-state index contributed by atoms with van der Waals surface area (Å²) in [5.74, 6) is 0. The second-order valence-electron chi connectivity index (χ2n) is 4.28. The van der Waals surface area contributed by atoms with Crippen LogP contribution >= 0.6 is 0 Å². The summed E-state index contributed by atoms with van der Waals surface area (Å²) in [6, 6.07) is 6.69. The molecule has 1 aromatic rings. The predicted octanol–water partition coefficient (Wildman–Crippen LogP) is 2.29. The van der Waals surface area contributed by atoms with Gasteiger partial charge in [-0.05, 0) is 51.1 Å². The van der Waals surface area contributed by atoms with Crippen molar-refractivity contribution in [3.05, 3.63) is 34.9 Å². The lowest BCUT2D eigenvalue weighted by Crippen LogP contribution is -2.22. The maximum atomic E-state index is 9.08. The highest BCUT2D eigenvalue weighted by Crippen LogP contribution is 2.26. The van der Waals surface area contributed by atoms with Gasteiger partial charge in [0.2, 0.25) is 0 Å². The van der Waals surface area contributed by atoms with Crippen molar-refractivity contribution in [3.63, 3.8) is 0 Å². The van der Waals surface area contributed by atoms with Crippen molar-refractivity contribution in [2.24, 2.45) is 0 Å². The van der Waals surface area contributed by atoms with E-state index in [-0.39, 0.29) is 6.61 Å². The van der Waals surface area contributed by atoms with Gasteiger partial charge in [0.05, 0.1) is 0 Å². The Kier molecular flexibility index (Phi) is 4.30. The van der Waals surface area contributed by atoms with Gasteiger partial charge < -0.3 is 10.0 Å². The van der Waals surface area contributed by atoms with Crippen LogP contribution in [0.3, 0.4) is 0 Å². The summed E-state index contributed by atoms with van der Waals surface area (Å²) in [4.78, 5) is 2.16. The van der Waals surface area contributed by atoms with Crippen molar-refractivity contribution < 1.29 is 5.11 Å². The number of hydrogen-bond acceptors (Lipinski definition) is 2. The molecule has 1 rings (SSSR count). The zero-order valence-corrected chi connectivity index (χ0v) is 10.1. The summed E-state index contributed by atoms with van der Waals surface area (Å²) in [5, 5.41) is 9.08. The third-order valence-electron chi connectivity index (χ3n) is 3.03. The zero-order chi connectivity index (χ0) is 11.4. The highest BCUT2D eigenvalue weighted by Gasteiger charge is 2.15. The molecule has 0 saturated carbocycles. The first-order valence-electron chi connectivity index (χ1n) is 5.41. The minimum atomic E-state index is 0.232. The molecule has 0 saturated heterocycles. The molecule has 0 aliphatic carbocycles. The molecule has 0 radical (unpaired) electrons. The number of aliphatic hydroxyl groups excluding tert-OH is 1. The number of hydrogen-bond donors (Lipinski definition) is 1. The van der Waals surface area contributed by atoms with Gasteiger partial charge >= 0.3 is 0 Å². The Morgan fingerprint density at radius 2 is 1.93 bits per heavy atom. The van der Waals surface area contributed by atoms with Crippen LogP contribution in [-0.2, 0) is 0 Å². The highest BCUT2D eigenvalue weighted by atomic mass is 16.3. The fraction of sp³-hybridized carbons (Fsp3) is 0.538. The highest BCUT2D eigenvalue weighted by molar-refractivity contribution is 5.35. The van der Waals surface area contributed by atoms with Gasteiger partial charge in [-0.25, -0.2) is 0 Å².